The maximum atomic E-state index is 12.1. The van der Waals surface area contributed by atoms with Crippen LogP contribution in [0.15, 0.2) is 16.5 Å². The number of rotatable bonds is 3. The van der Waals surface area contributed by atoms with Crippen molar-refractivity contribution in [1.82, 2.24) is 5.32 Å². The van der Waals surface area contributed by atoms with Crippen LogP contribution in [0.3, 0.4) is 0 Å². The zero-order chi connectivity index (χ0) is 13.2. The SMILES string of the molecule is Cc1ccc(C(=O)NC2(CBr)CCC(C)CC2)o1. The summed E-state index contributed by atoms with van der Waals surface area (Å²) in [6.45, 7) is 4.12. The molecule has 3 nitrogen and oxygen atoms in total. The van der Waals surface area contributed by atoms with Crippen LogP contribution in [0.25, 0.3) is 0 Å². The molecule has 1 saturated carbocycles. The summed E-state index contributed by atoms with van der Waals surface area (Å²) in [5, 5.41) is 3.96. The molecule has 0 spiro atoms. The van der Waals surface area contributed by atoms with E-state index in [4.69, 9.17) is 4.42 Å². The first-order valence-electron chi connectivity index (χ1n) is 6.49. The zero-order valence-electron chi connectivity index (χ0n) is 11.0. The van der Waals surface area contributed by atoms with Crippen molar-refractivity contribution in [2.45, 2.75) is 45.1 Å². The highest BCUT2D eigenvalue weighted by atomic mass is 79.9. The monoisotopic (exact) mass is 313 g/mol. The molecule has 1 fully saturated rings. The van der Waals surface area contributed by atoms with Gasteiger partial charge in [0, 0.05) is 5.33 Å². The molecule has 1 amide bonds. The summed E-state index contributed by atoms with van der Waals surface area (Å²) in [6.07, 6.45) is 4.40. The number of hydrogen-bond donors (Lipinski definition) is 1. The van der Waals surface area contributed by atoms with E-state index in [0.29, 0.717) is 5.76 Å². The number of aryl methyl sites for hydroxylation is 1. The van der Waals surface area contributed by atoms with Crippen LogP contribution in [0, 0.1) is 12.8 Å². The van der Waals surface area contributed by atoms with Gasteiger partial charge in [-0.3, -0.25) is 4.79 Å². The number of furan rings is 1. The molecule has 1 aromatic heterocycles. The molecule has 0 unspecified atom stereocenters. The molecule has 1 aromatic rings. The number of amides is 1. The fourth-order valence-corrected chi connectivity index (χ4v) is 3.17. The maximum absolute atomic E-state index is 12.1. The first-order valence-corrected chi connectivity index (χ1v) is 7.62. The molecule has 0 atom stereocenters. The third-order valence-corrected chi connectivity index (χ3v) is 4.90. The van der Waals surface area contributed by atoms with Gasteiger partial charge in [0.1, 0.15) is 5.76 Å². The molecule has 100 valence electrons. The Bertz CT molecular complexity index is 419. The van der Waals surface area contributed by atoms with Gasteiger partial charge in [0.2, 0.25) is 0 Å². The summed E-state index contributed by atoms with van der Waals surface area (Å²) in [4.78, 5) is 12.1. The third kappa shape index (κ3) is 2.97. The Labute approximate surface area is 116 Å². The number of nitrogens with one attached hydrogen (secondary N) is 1. The summed E-state index contributed by atoms with van der Waals surface area (Å²) < 4.78 is 5.37. The van der Waals surface area contributed by atoms with E-state index < -0.39 is 0 Å². The lowest BCUT2D eigenvalue weighted by Crippen LogP contribution is -2.51. The first kappa shape index (κ1) is 13.7. The van der Waals surface area contributed by atoms with Crippen LogP contribution in [0.2, 0.25) is 0 Å². The largest absolute Gasteiger partial charge is 0.456 e. The van der Waals surface area contributed by atoms with Crippen LogP contribution in [0.4, 0.5) is 0 Å². The second-order valence-corrected chi connectivity index (χ2v) is 6.02. The molecule has 4 heteroatoms. The Morgan fingerprint density at radius 2 is 2.17 bits per heavy atom. The molecule has 0 aromatic carbocycles. The zero-order valence-corrected chi connectivity index (χ0v) is 12.5. The summed E-state index contributed by atoms with van der Waals surface area (Å²) in [5.74, 6) is 1.84. The Morgan fingerprint density at radius 1 is 1.50 bits per heavy atom. The number of hydrogen-bond acceptors (Lipinski definition) is 2. The number of carbonyl (C=O) groups excluding carboxylic acids is 1. The van der Waals surface area contributed by atoms with Gasteiger partial charge >= 0.3 is 0 Å². The van der Waals surface area contributed by atoms with Crippen LogP contribution in [-0.4, -0.2) is 16.8 Å². The van der Waals surface area contributed by atoms with Crippen LogP contribution in [0.1, 0.15) is 48.9 Å². The fraction of sp³-hybridized carbons (Fsp3) is 0.643. The predicted octanol–water partition coefficient (Wildman–Crippen LogP) is 3.66. The summed E-state index contributed by atoms with van der Waals surface area (Å²) in [7, 11) is 0. The average Bonchev–Trinajstić information content (AvgIpc) is 2.79. The van der Waals surface area contributed by atoms with Crippen LogP contribution in [0.5, 0.6) is 0 Å². The van der Waals surface area contributed by atoms with Gasteiger partial charge in [-0.2, -0.15) is 0 Å². The van der Waals surface area contributed by atoms with Gasteiger partial charge < -0.3 is 9.73 Å². The van der Waals surface area contributed by atoms with Crippen molar-refractivity contribution in [1.29, 1.82) is 0 Å². The highest BCUT2D eigenvalue weighted by Gasteiger charge is 2.35. The molecule has 1 aliphatic carbocycles. The lowest BCUT2D eigenvalue weighted by Gasteiger charge is -2.38. The van der Waals surface area contributed by atoms with Crippen molar-refractivity contribution in [3.8, 4) is 0 Å². The van der Waals surface area contributed by atoms with Crippen molar-refractivity contribution in [3.05, 3.63) is 23.7 Å². The van der Waals surface area contributed by atoms with Crippen molar-refractivity contribution in [2.75, 3.05) is 5.33 Å². The molecular formula is C14H20BrNO2. The van der Waals surface area contributed by atoms with Crippen molar-refractivity contribution >= 4 is 21.8 Å². The minimum absolute atomic E-state index is 0.0999. The standard InChI is InChI=1S/C14H20BrNO2/c1-10-5-7-14(9-15,8-6-10)16-13(17)12-4-3-11(2)18-12/h3-4,10H,5-9H2,1-2H3,(H,16,17). The maximum Gasteiger partial charge on any atom is 0.287 e. The Morgan fingerprint density at radius 3 is 2.67 bits per heavy atom. The number of halogens is 1. The van der Waals surface area contributed by atoms with E-state index in [1.807, 2.05) is 13.0 Å². The molecule has 18 heavy (non-hydrogen) atoms. The lowest BCUT2D eigenvalue weighted by atomic mass is 9.78. The predicted molar refractivity (Wildman–Crippen MR) is 75.1 cm³/mol. The quantitative estimate of drug-likeness (QED) is 0.865. The molecular weight excluding hydrogens is 294 g/mol. The topological polar surface area (TPSA) is 42.2 Å². The van der Waals surface area contributed by atoms with E-state index in [0.717, 1.165) is 29.8 Å². The van der Waals surface area contributed by atoms with E-state index in [-0.39, 0.29) is 11.4 Å². The third-order valence-electron chi connectivity index (χ3n) is 3.83. The highest BCUT2D eigenvalue weighted by Crippen LogP contribution is 2.33. The van der Waals surface area contributed by atoms with Crippen LogP contribution < -0.4 is 5.32 Å². The number of carbonyl (C=O) groups is 1. The Hall–Kier alpha value is -0.770. The van der Waals surface area contributed by atoms with E-state index >= 15 is 0 Å². The lowest BCUT2D eigenvalue weighted by molar-refractivity contribution is 0.0844. The second-order valence-electron chi connectivity index (χ2n) is 5.46. The van der Waals surface area contributed by atoms with Crippen LogP contribution >= 0.6 is 15.9 Å². The van der Waals surface area contributed by atoms with Crippen LogP contribution in [-0.2, 0) is 0 Å². The smallest absolute Gasteiger partial charge is 0.287 e. The van der Waals surface area contributed by atoms with Gasteiger partial charge in [-0.1, -0.05) is 22.9 Å². The molecule has 0 saturated heterocycles. The Kier molecular flexibility index (Phi) is 4.15. The van der Waals surface area contributed by atoms with Crippen molar-refractivity contribution in [3.63, 3.8) is 0 Å². The van der Waals surface area contributed by atoms with E-state index in [1.165, 1.54) is 12.8 Å². The van der Waals surface area contributed by atoms with Gasteiger partial charge in [0.15, 0.2) is 5.76 Å². The van der Waals surface area contributed by atoms with E-state index in [9.17, 15) is 4.79 Å². The molecule has 1 N–H and O–H groups in total. The van der Waals surface area contributed by atoms with Crippen molar-refractivity contribution in [2.24, 2.45) is 5.92 Å². The van der Waals surface area contributed by atoms with Gasteiger partial charge in [-0.05, 0) is 50.7 Å². The van der Waals surface area contributed by atoms with E-state index in [1.54, 1.807) is 6.07 Å². The Balaban J connectivity index is 2.04. The van der Waals surface area contributed by atoms with Crippen molar-refractivity contribution < 1.29 is 9.21 Å². The summed E-state index contributed by atoms with van der Waals surface area (Å²) in [6, 6.07) is 3.55. The molecule has 2 rings (SSSR count). The van der Waals surface area contributed by atoms with Gasteiger partial charge in [-0.25, -0.2) is 0 Å². The molecule has 0 radical (unpaired) electrons. The second kappa shape index (κ2) is 5.47. The van der Waals surface area contributed by atoms with Gasteiger partial charge in [0.25, 0.3) is 5.91 Å². The molecule has 1 heterocycles. The first-order chi connectivity index (χ1) is 8.54. The fourth-order valence-electron chi connectivity index (χ4n) is 2.47. The molecule has 1 aliphatic rings. The minimum Gasteiger partial charge on any atom is -0.456 e. The average molecular weight is 314 g/mol. The normalized spacial score (nSPS) is 28.1. The summed E-state index contributed by atoms with van der Waals surface area (Å²) >= 11 is 3.55. The molecule has 0 bridgehead atoms. The summed E-state index contributed by atoms with van der Waals surface area (Å²) in [5.41, 5.74) is -0.107. The van der Waals surface area contributed by atoms with Gasteiger partial charge in [-0.15, -0.1) is 0 Å². The van der Waals surface area contributed by atoms with E-state index in [2.05, 4.69) is 28.2 Å². The number of alkyl halides is 1. The highest BCUT2D eigenvalue weighted by molar-refractivity contribution is 9.09. The molecule has 0 aliphatic heterocycles. The van der Waals surface area contributed by atoms with Gasteiger partial charge in [0.05, 0.1) is 5.54 Å². The minimum atomic E-state index is -0.107.